The molecule has 0 atom stereocenters. The molecule has 0 bridgehead atoms. The van der Waals surface area contributed by atoms with Gasteiger partial charge in [0.2, 0.25) is 0 Å². The van der Waals surface area contributed by atoms with Crippen LogP contribution < -0.4 is 0 Å². The van der Waals surface area contributed by atoms with E-state index in [9.17, 15) is 0 Å². The van der Waals surface area contributed by atoms with Gasteiger partial charge >= 0.3 is 20.1 Å². The number of nitrogens with zero attached hydrogens (tertiary/aromatic N) is 6. The molecule has 6 aromatic heterocycles. The maximum absolute atomic E-state index is 5.93. The summed E-state index contributed by atoms with van der Waals surface area (Å²) in [7, 11) is 0. The number of hydrogen-bond donors (Lipinski definition) is 0. The van der Waals surface area contributed by atoms with Crippen molar-refractivity contribution >= 4 is 65.8 Å². The van der Waals surface area contributed by atoms with Crippen molar-refractivity contribution in [2.75, 3.05) is 0 Å². The van der Waals surface area contributed by atoms with Crippen LogP contribution >= 0.6 is 0 Å². The Kier molecular flexibility index (Phi) is 14.1. The molecule has 0 spiro atoms. The minimum Gasteiger partial charge on any atom is -0.500 e. The molecular weight excluding hydrogens is 1190 g/mol. The third-order valence-corrected chi connectivity index (χ3v) is 15.2. The second-order valence-corrected chi connectivity index (χ2v) is 21.3. The van der Waals surface area contributed by atoms with Crippen LogP contribution in [0.1, 0.15) is 50.1 Å². The molecule has 0 saturated heterocycles. The first kappa shape index (κ1) is 53.3. The van der Waals surface area contributed by atoms with Crippen LogP contribution in [0.15, 0.2) is 196 Å². The Morgan fingerprint density at radius 1 is 0.317 bits per heavy atom. The Morgan fingerprint density at radius 2 is 0.573 bits per heavy atom. The maximum atomic E-state index is 5.93. The average Bonchev–Trinajstić information content (AvgIpc) is 4.51. The van der Waals surface area contributed by atoms with E-state index in [-0.39, 0.29) is 20.1 Å². The molecule has 0 aliphatic carbocycles. The van der Waals surface area contributed by atoms with Gasteiger partial charge in [-0.25, -0.2) is 0 Å². The number of furan rings is 3. The molecule has 0 N–H and O–H groups in total. The zero-order chi connectivity index (χ0) is 55.6. The number of aromatic nitrogens is 6. The zero-order valence-corrected chi connectivity index (χ0v) is 49.5. The van der Waals surface area contributed by atoms with Crippen molar-refractivity contribution in [3.8, 4) is 51.2 Å². The average molecular weight is 1250 g/mol. The van der Waals surface area contributed by atoms with E-state index >= 15 is 0 Å². The van der Waals surface area contributed by atoms with Gasteiger partial charge in [0, 0.05) is 70.4 Å². The number of fused-ring (bicyclic) bond motifs is 9. The minimum absolute atomic E-state index is 0. The summed E-state index contributed by atoms with van der Waals surface area (Å²) in [6, 6.07) is 59.8. The van der Waals surface area contributed by atoms with Crippen molar-refractivity contribution in [2.24, 2.45) is 0 Å². The minimum atomic E-state index is 0. The molecule has 15 rings (SSSR count). The van der Waals surface area contributed by atoms with Crippen LogP contribution in [0.3, 0.4) is 0 Å². The van der Waals surface area contributed by atoms with Crippen LogP contribution in [-0.2, 0) is 20.1 Å². The molecule has 9 aromatic carbocycles. The van der Waals surface area contributed by atoms with Gasteiger partial charge in [0.1, 0.15) is 16.7 Å². The van der Waals surface area contributed by atoms with Crippen LogP contribution in [-0.4, -0.2) is 28.7 Å². The van der Waals surface area contributed by atoms with E-state index in [0.29, 0.717) is 0 Å². The van der Waals surface area contributed by atoms with Gasteiger partial charge in [0.15, 0.2) is 0 Å². The standard InChI is InChI=1S/3C24H19N2O.Ir/c3*1-15-12-16(2)23(17(3)13-15)26-11-10-25-24(26)18-8-9-22-20(14-18)19-6-4-5-7-21(19)27-22;/h3*4-7,9-14H,1-3H3;/q3*-1;+3. The number of rotatable bonds is 6. The molecule has 9 nitrogen and oxygen atoms in total. The largest absolute Gasteiger partial charge is 3.00 e. The van der Waals surface area contributed by atoms with E-state index in [0.717, 1.165) is 100.0 Å². The molecule has 0 unspecified atom stereocenters. The van der Waals surface area contributed by atoms with Crippen molar-refractivity contribution in [3.63, 3.8) is 0 Å². The topological polar surface area (TPSA) is 92.9 Å². The molecule has 82 heavy (non-hydrogen) atoms. The van der Waals surface area contributed by atoms with Crippen molar-refractivity contribution in [1.82, 2.24) is 28.7 Å². The molecule has 0 radical (unpaired) electrons. The number of benzene rings is 9. The van der Waals surface area contributed by atoms with Crippen LogP contribution in [0.25, 0.3) is 117 Å². The van der Waals surface area contributed by atoms with Crippen molar-refractivity contribution in [3.05, 3.63) is 251 Å². The van der Waals surface area contributed by atoms with Crippen LogP contribution in [0.5, 0.6) is 0 Å². The molecule has 402 valence electrons. The van der Waals surface area contributed by atoms with Gasteiger partial charge in [-0.1, -0.05) is 124 Å². The maximum Gasteiger partial charge on any atom is 3.00 e. The summed E-state index contributed by atoms with van der Waals surface area (Å²) in [6.45, 7) is 19.3. The van der Waals surface area contributed by atoms with E-state index in [4.69, 9.17) is 13.3 Å². The first-order chi connectivity index (χ1) is 39.3. The van der Waals surface area contributed by atoms with Crippen LogP contribution in [0, 0.1) is 80.5 Å². The molecule has 0 saturated carbocycles. The number of aryl methyl sites for hydroxylation is 9. The third-order valence-electron chi connectivity index (χ3n) is 15.2. The van der Waals surface area contributed by atoms with E-state index in [1.165, 1.54) is 67.1 Å². The predicted octanol–water partition coefficient (Wildman–Crippen LogP) is 18.5. The van der Waals surface area contributed by atoms with Gasteiger partial charge in [0.25, 0.3) is 0 Å². The molecule has 0 aliphatic heterocycles. The van der Waals surface area contributed by atoms with Gasteiger partial charge in [-0.2, -0.15) is 0 Å². The molecule has 0 fully saturated rings. The second kappa shape index (κ2) is 21.6. The molecular formula is C72H57IrN6O3. The predicted molar refractivity (Wildman–Crippen MR) is 328 cm³/mol. The summed E-state index contributed by atoms with van der Waals surface area (Å²) in [4.78, 5) is 13.9. The molecule has 0 aliphatic rings. The van der Waals surface area contributed by atoms with Crippen LogP contribution in [0.2, 0.25) is 0 Å². The second-order valence-electron chi connectivity index (χ2n) is 21.3. The van der Waals surface area contributed by atoms with Crippen molar-refractivity contribution < 1.29 is 33.4 Å². The van der Waals surface area contributed by atoms with Gasteiger partial charge < -0.3 is 27.0 Å². The first-order valence-electron chi connectivity index (χ1n) is 27.2. The van der Waals surface area contributed by atoms with E-state index in [2.05, 4.69) is 182 Å². The summed E-state index contributed by atoms with van der Waals surface area (Å²) < 4.78 is 24.3. The third kappa shape index (κ3) is 9.63. The fourth-order valence-electron chi connectivity index (χ4n) is 12.1. The Hall–Kier alpha value is -9.34. The Labute approximate surface area is 489 Å². The van der Waals surface area contributed by atoms with Gasteiger partial charge in [-0.3, -0.25) is 15.0 Å². The smallest absolute Gasteiger partial charge is 0.500 e. The Balaban J connectivity index is 0.000000121. The number of para-hydroxylation sites is 3. The summed E-state index contributed by atoms with van der Waals surface area (Å²) in [5.74, 6) is 2.66. The summed E-state index contributed by atoms with van der Waals surface area (Å²) in [5.41, 5.74) is 22.9. The van der Waals surface area contributed by atoms with Crippen molar-refractivity contribution in [1.29, 1.82) is 0 Å². The van der Waals surface area contributed by atoms with E-state index in [1.807, 2.05) is 110 Å². The monoisotopic (exact) mass is 1250 g/mol. The van der Waals surface area contributed by atoms with Crippen LogP contribution in [0.4, 0.5) is 0 Å². The van der Waals surface area contributed by atoms with E-state index < -0.39 is 0 Å². The van der Waals surface area contributed by atoms with Gasteiger partial charge in [-0.15, -0.1) is 71.3 Å². The number of imidazole rings is 3. The normalized spacial score (nSPS) is 11.4. The SMILES string of the molecule is Cc1cc(C)c(-n2ccnc2-c2[c-]cc3oc4ccccc4c3c2)c(C)c1.Cc1cc(C)c(-n2ccnc2-c2[c-]cc3oc4ccccc4c3c2)c(C)c1.Cc1cc(C)c(-n2ccnc2-c2[c-]cc3oc4ccccc4c3c2)c(C)c1.[Ir+3]. The first-order valence-corrected chi connectivity index (χ1v) is 27.2. The van der Waals surface area contributed by atoms with Crippen molar-refractivity contribution in [2.45, 2.75) is 62.3 Å². The fourth-order valence-corrected chi connectivity index (χ4v) is 12.1. The molecule has 10 heteroatoms. The Bertz CT molecular complexity index is 4350. The Morgan fingerprint density at radius 3 is 0.841 bits per heavy atom. The fraction of sp³-hybridized carbons (Fsp3) is 0.125. The van der Waals surface area contributed by atoms with Gasteiger partial charge in [-0.05, 0) is 114 Å². The number of hydrogen-bond acceptors (Lipinski definition) is 6. The zero-order valence-electron chi connectivity index (χ0n) is 47.1. The van der Waals surface area contributed by atoms with Gasteiger partial charge in [0.05, 0.1) is 34.2 Å². The molecule has 0 amide bonds. The quantitative estimate of drug-likeness (QED) is 0.154. The molecule has 15 aromatic rings. The molecule has 6 heterocycles. The summed E-state index contributed by atoms with van der Waals surface area (Å²) in [6.07, 6.45) is 11.6. The van der Waals surface area contributed by atoms with E-state index in [1.54, 1.807) is 0 Å². The summed E-state index contributed by atoms with van der Waals surface area (Å²) >= 11 is 0. The summed E-state index contributed by atoms with van der Waals surface area (Å²) in [5, 5.41) is 6.61.